The number of carbonyl (C=O) groups is 2. The Labute approximate surface area is 121 Å². The monoisotopic (exact) mass is 297 g/mol. The molecule has 1 aliphatic rings. The average molecular weight is 298 g/mol. The minimum absolute atomic E-state index is 0.0441. The quantitative estimate of drug-likeness (QED) is 0.833. The summed E-state index contributed by atoms with van der Waals surface area (Å²) in [6, 6.07) is 2.74. The lowest BCUT2D eigenvalue weighted by molar-refractivity contribution is -0.143. The van der Waals surface area contributed by atoms with Gasteiger partial charge in [-0.1, -0.05) is 11.6 Å². The van der Waals surface area contributed by atoms with Crippen LogP contribution in [0.1, 0.15) is 19.8 Å². The summed E-state index contributed by atoms with van der Waals surface area (Å²) in [7, 11) is 0. The molecule has 1 atom stereocenters. The Morgan fingerprint density at radius 2 is 2.25 bits per heavy atom. The fourth-order valence-corrected chi connectivity index (χ4v) is 2.04. The zero-order valence-electron chi connectivity index (χ0n) is 11.0. The zero-order chi connectivity index (χ0) is 14.7. The lowest BCUT2D eigenvalue weighted by Gasteiger charge is -2.25. The Hall–Kier alpha value is -1.66. The van der Waals surface area contributed by atoms with Gasteiger partial charge in [-0.3, -0.25) is 14.5 Å². The van der Waals surface area contributed by atoms with E-state index in [1.165, 1.54) is 6.20 Å². The summed E-state index contributed by atoms with van der Waals surface area (Å²) in [5.74, 6) is -0.799. The number of aromatic nitrogens is 1. The summed E-state index contributed by atoms with van der Waals surface area (Å²) in [5, 5.41) is 12.2. The molecule has 108 valence electrons. The molecule has 2 N–H and O–H groups in total. The first-order chi connectivity index (χ1) is 9.47. The summed E-state index contributed by atoms with van der Waals surface area (Å²) in [4.78, 5) is 28.7. The molecule has 0 spiro atoms. The molecule has 20 heavy (non-hydrogen) atoms. The number of carboxylic acid groups (broad SMARTS) is 1. The molecule has 1 unspecified atom stereocenters. The van der Waals surface area contributed by atoms with Gasteiger partial charge in [0.15, 0.2) is 0 Å². The van der Waals surface area contributed by atoms with Crippen LogP contribution in [0, 0.1) is 0 Å². The Bertz CT molecular complexity index is 502. The van der Waals surface area contributed by atoms with Gasteiger partial charge in [-0.2, -0.15) is 0 Å². The highest BCUT2D eigenvalue weighted by atomic mass is 35.5. The van der Waals surface area contributed by atoms with Crippen LogP contribution < -0.4 is 5.32 Å². The van der Waals surface area contributed by atoms with Crippen molar-refractivity contribution in [3.8, 4) is 0 Å². The first kappa shape index (κ1) is 14.7. The molecular weight excluding hydrogens is 282 g/mol. The van der Waals surface area contributed by atoms with E-state index in [1.807, 2.05) is 0 Å². The number of pyridine rings is 1. The highest BCUT2D eigenvalue weighted by molar-refractivity contribution is 6.30. The topological polar surface area (TPSA) is 82.5 Å². The van der Waals surface area contributed by atoms with Gasteiger partial charge in [-0.25, -0.2) is 4.98 Å². The summed E-state index contributed by atoms with van der Waals surface area (Å²) < 4.78 is 0. The molecule has 2 rings (SSSR count). The van der Waals surface area contributed by atoms with Gasteiger partial charge in [0.25, 0.3) is 0 Å². The third-order valence-electron chi connectivity index (χ3n) is 3.19. The summed E-state index contributed by atoms with van der Waals surface area (Å²) in [5.41, 5.74) is 0. The number of hydrogen-bond acceptors (Lipinski definition) is 4. The lowest BCUT2D eigenvalue weighted by atomic mass is 10.2. The first-order valence-electron chi connectivity index (χ1n) is 6.37. The van der Waals surface area contributed by atoms with Crippen LogP contribution in [0.2, 0.25) is 5.02 Å². The highest BCUT2D eigenvalue weighted by Crippen LogP contribution is 2.28. The van der Waals surface area contributed by atoms with Crippen LogP contribution in [0.5, 0.6) is 0 Å². The van der Waals surface area contributed by atoms with Crippen molar-refractivity contribution in [2.75, 3.05) is 11.9 Å². The number of carbonyl (C=O) groups excluding carboxylic acids is 1. The Kier molecular flexibility index (Phi) is 4.57. The number of halogens is 1. The van der Waals surface area contributed by atoms with Gasteiger partial charge in [-0.05, 0) is 31.9 Å². The Morgan fingerprint density at radius 3 is 2.75 bits per heavy atom. The Balaban J connectivity index is 1.94. The zero-order valence-corrected chi connectivity index (χ0v) is 11.8. The molecule has 1 heterocycles. The van der Waals surface area contributed by atoms with E-state index in [-0.39, 0.29) is 18.5 Å². The van der Waals surface area contributed by atoms with Gasteiger partial charge in [-0.15, -0.1) is 0 Å². The largest absolute Gasteiger partial charge is 0.480 e. The van der Waals surface area contributed by atoms with Crippen molar-refractivity contribution in [3.63, 3.8) is 0 Å². The van der Waals surface area contributed by atoms with E-state index in [1.54, 1.807) is 24.0 Å². The molecular formula is C13H16ClN3O3. The van der Waals surface area contributed by atoms with E-state index in [4.69, 9.17) is 16.7 Å². The van der Waals surface area contributed by atoms with Gasteiger partial charge in [0, 0.05) is 12.2 Å². The number of anilines is 1. The number of nitrogens with zero attached hydrogens (tertiary/aromatic N) is 2. The van der Waals surface area contributed by atoms with Gasteiger partial charge < -0.3 is 10.4 Å². The molecule has 1 fully saturated rings. The molecule has 1 aliphatic carbocycles. The van der Waals surface area contributed by atoms with Gasteiger partial charge in [0.1, 0.15) is 11.9 Å². The fraction of sp³-hybridized carbons (Fsp3) is 0.462. The lowest BCUT2D eigenvalue weighted by Crippen LogP contribution is -2.44. The molecule has 1 aromatic heterocycles. The molecule has 0 aromatic carbocycles. The first-order valence-corrected chi connectivity index (χ1v) is 6.75. The van der Waals surface area contributed by atoms with Crippen LogP contribution >= 0.6 is 11.6 Å². The predicted molar refractivity (Wildman–Crippen MR) is 74.7 cm³/mol. The SMILES string of the molecule is CC(C(=O)O)N(CC(=O)Nc1ccc(Cl)cn1)C1CC1. The molecule has 1 amide bonds. The summed E-state index contributed by atoms with van der Waals surface area (Å²) >= 11 is 5.71. The third-order valence-corrected chi connectivity index (χ3v) is 3.42. The van der Waals surface area contributed by atoms with Crippen molar-refractivity contribution in [1.82, 2.24) is 9.88 Å². The van der Waals surface area contributed by atoms with Crippen molar-refractivity contribution in [1.29, 1.82) is 0 Å². The van der Waals surface area contributed by atoms with E-state index in [0.717, 1.165) is 12.8 Å². The van der Waals surface area contributed by atoms with Crippen molar-refractivity contribution in [2.24, 2.45) is 0 Å². The van der Waals surface area contributed by atoms with E-state index in [9.17, 15) is 9.59 Å². The number of hydrogen-bond donors (Lipinski definition) is 2. The standard InChI is InChI=1S/C13H16ClN3O3/c1-8(13(19)20)17(10-3-4-10)7-12(18)16-11-5-2-9(14)6-15-11/h2,5-6,8,10H,3-4,7H2,1H3,(H,19,20)(H,15,16,18). The van der Waals surface area contributed by atoms with Crippen LogP contribution in [0.15, 0.2) is 18.3 Å². The number of nitrogens with one attached hydrogen (secondary N) is 1. The number of rotatable bonds is 6. The van der Waals surface area contributed by atoms with Crippen molar-refractivity contribution in [3.05, 3.63) is 23.4 Å². The second-order valence-electron chi connectivity index (χ2n) is 4.83. The molecule has 7 heteroatoms. The fourth-order valence-electron chi connectivity index (χ4n) is 1.93. The molecule has 6 nitrogen and oxygen atoms in total. The predicted octanol–water partition coefficient (Wildman–Crippen LogP) is 1.61. The van der Waals surface area contributed by atoms with Crippen LogP contribution in [0.4, 0.5) is 5.82 Å². The minimum Gasteiger partial charge on any atom is -0.480 e. The molecule has 0 radical (unpaired) electrons. The van der Waals surface area contributed by atoms with Crippen LogP contribution in [-0.2, 0) is 9.59 Å². The maximum absolute atomic E-state index is 11.9. The summed E-state index contributed by atoms with van der Waals surface area (Å²) in [6.07, 6.45) is 3.31. The maximum Gasteiger partial charge on any atom is 0.320 e. The molecule has 0 aliphatic heterocycles. The molecule has 1 aromatic rings. The minimum atomic E-state index is -0.922. The average Bonchev–Trinajstić information content (AvgIpc) is 3.22. The maximum atomic E-state index is 11.9. The van der Waals surface area contributed by atoms with Crippen molar-refractivity contribution < 1.29 is 14.7 Å². The van der Waals surface area contributed by atoms with Crippen molar-refractivity contribution >= 4 is 29.3 Å². The summed E-state index contributed by atoms with van der Waals surface area (Å²) in [6.45, 7) is 1.64. The van der Waals surface area contributed by atoms with E-state index >= 15 is 0 Å². The number of carboxylic acids is 1. The molecule has 0 saturated heterocycles. The van der Waals surface area contributed by atoms with E-state index in [0.29, 0.717) is 10.8 Å². The molecule has 1 saturated carbocycles. The highest BCUT2D eigenvalue weighted by Gasteiger charge is 2.36. The van der Waals surface area contributed by atoms with E-state index in [2.05, 4.69) is 10.3 Å². The van der Waals surface area contributed by atoms with Crippen LogP contribution in [-0.4, -0.2) is 45.5 Å². The van der Waals surface area contributed by atoms with Crippen molar-refractivity contribution in [2.45, 2.75) is 31.8 Å². The van der Waals surface area contributed by atoms with Gasteiger partial charge >= 0.3 is 5.97 Å². The number of amides is 1. The third kappa shape index (κ3) is 3.91. The molecule has 0 bridgehead atoms. The van der Waals surface area contributed by atoms with E-state index < -0.39 is 12.0 Å². The normalized spacial score (nSPS) is 15.9. The van der Waals surface area contributed by atoms with Crippen LogP contribution in [0.25, 0.3) is 0 Å². The van der Waals surface area contributed by atoms with Gasteiger partial charge in [0.2, 0.25) is 5.91 Å². The van der Waals surface area contributed by atoms with Crippen LogP contribution in [0.3, 0.4) is 0 Å². The second-order valence-corrected chi connectivity index (χ2v) is 5.26. The van der Waals surface area contributed by atoms with Gasteiger partial charge in [0.05, 0.1) is 11.6 Å². The smallest absolute Gasteiger partial charge is 0.320 e. The second kappa shape index (κ2) is 6.19. The number of aliphatic carboxylic acids is 1. The Morgan fingerprint density at radius 1 is 1.55 bits per heavy atom.